The van der Waals surface area contributed by atoms with Crippen LogP contribution in [-0.2, 0) is 4.74 Å². The molecule has 0 spiro atoms. The van der Waals surface area contributed by atoms with Crippen molar-refractivity contribution in [2.45, 2.75) is 19.9 Å². The Bertz CT molecular complexity index is 302. The molecule has 0 radical (unpaired) electrons. The molecule has 1 aromatic rings. The van der Waals surface area contributed by atoms with Gasteiger partial charge in [0.1, 0.15) is 0 Å². The molecule has 3 heteroatoms. The van der Waals surface area contributed by atoms with Crippen LogP contribution < -0.4 is 5.32 Å². The largest absolute Gasteiger partial charge is 0.394 e. The number of hydrogen-bond donors (Lipinski definition) is 2. The van der Waals surface area contributed by atoms with Gasteiger partial charge in [0.05, 0.1) is 19.8 Å². The van der Waals surface area contributed by atoms with Gasteiger partial charge in [0, 0.05) is 12.6 Å². The molecule has 0 fully saturated rings. The first-order valence-electron chi connectivity index (χ1n) is 5.72. The number of ether oxygens (including phenoxy) is 1. The van der Waals surface area contributed by atoms with E-state index in [2.05, 4.69) is 43.4 Å². The van der Waals surface area contributed by atoms with Crippen LogP contribution in [0.2, 0.25) is 0 Å². The molecule has 0 aliphatic heterocycles. The smallest absolute Gasteiger partial charge is 0.0698 e. The summed E-state index contributed by atoms with van der Waals surface area (Å²) in [4.78, 5) is 0. The summed E-state index contributed by atoms with van der Waals surface area (Å²) in [5.41, 5.74) is 2.57. The maximum Gasteiger partial charge on any atom is 0.0698 e. The van der Waals surface area contributed by atoms with Gasteiger partial charge in [-0.1, -0.05) is 29.8 Å². The van der Waals surface area contributed by atoms with E-state index in [1.807, 2.05) is 0 Å². The fourth-order valence-electron chi connectivity index (χ4n) is 1.57. The molecule has 0 unspecified atom stereocenters. The summed E-state index contributed by atoms with van der Waals surface area (Å²) in [6.45, 7) is 6.18. The molecular formula is C13H21NO2. The van der Waals surface area contributed by atoms with E-state index in [9.17, 15) is 0 Å². The summed E-state index contributed by atoms with van der Waals surface area (Å²) in [5, 5.41) is 11.9. The van der Waals surface area contributed by atoms with Crippen LogP contribution in [0.1, 0.15) is 24.1 Å². The highest BCUT2D eigenvalue weighted by Crippen LogP contribution is 2.13. The second-order valence-electron chi connectivity index (χ2n) is 3.93. The minimum Gasteiger partial charge on any atom is -0.394 e. The minimum absolute atomic E-state index is 0.0907. The number of rotatable bonds is 7. The third-order valence-corrected chi connectivity index (χ3v) is 2.47. The Labute approximate surface area is 97.4 Å². The van der Waals surface area contributed by atoms with Gasteiger partial charge in [0.2, 0.25) is 0 Å². The molecule has 0 saturated carbocycles. The van der Waals surface area contributed by atoms with Crippen molar-refractivity contribution in [1.82, 2.24) is 5.32 Å². The third kappa shape index (κ3) is 4.75. The van der Waals surface area contributed by atoms with Crippen LogP contribution in [0, 0.1) is 6.92 Å². The van der Waals surface area contributed by atoms with Crippen LogP contribution in [0.3, 0.4) is 0 Å². The number of aryl methyl sites for hydroxylation is 1. The number of hydrogen-bond acceptors (Lipinski definition) is 3. The standard InChI is InChI=1S/C13H21NO2/c1-11-4-3-5-13(10-11)12(2)14-6-8-16-9-7-15/h3-5,10,12,14-15H,6-9H2,1-2H3/t12-/m1/s1. The van der Waals surface area contributed by atoms with E-state index in [-0.39, 0.29) is 6.61 Å². The molecule has 0 aliphatic rings. The summed E-state index contributed by atoms with van der Waals surface area (Å²) in [6, 6.07) is 8.81. The molecule has 0 aliphatic carbocycles. The molecule has 2 N–H and O–H groups in total. The molecule has 1 rings (SSSR count). The Morgan fingerprint density at radius 1 is 1.38 bits per heavy atom. The molecule has 0 amide bonds. The molecule has 0 bridgehead atoms. The molecule has 90 valence electrons. The monoisotopic (exact) mass is 223 g/mol. The van der Waals surface area contributed by atoms with Crippen molar-refractivity contribution in [1.29, 1.82) is 0 Å². The summed E-state index contributed by atoms with van der Waals surface area (Å²) >= 11 is 0. The SMILES string of the molecule is Cc1cccc([C@@H](C)NCCOCCO)c1. The highest BCUT2D eigenvalue weighted by Gasteiger charge is 2.03. The summed E-state index contributed by atoms with van der Waals surface area (Å²) in [6.07, 6.45) is 0. The van der Waals surface area contributed by atoms with Crippen LogP contribution in [-0.4, -0.2) is 31.5 Å². The van der Waals surface area contributed by atoms with Gasteiger partial charge >= 0.3 is 0 Å². The lowest BCUT2D eigenvalue weighted by atomic mass is 10.1. The first kappa shape index (κ1) is 13.2. The summed E-state index contributed by atoms with van der Waals surface area (Å²) in [5.74, 6) is 0. The van der Waals surface area contributed by atoms with Gasteiger partial charge < -0.3 is 15.2 Å². The molecule has 0 aromatic heterocycles. The van der Waals surface area contributed by atoms with Crippen LogP contribution in [0.5, 0.6) is 0 Å². The molecule has 0 heterocycles. The Balaban J connectivity index is 2.27. The fraction of sp³-hybridized carbons (Fsp3) is 0.538. The van der Waals surface area contributed by atoms with E-state index in [0.29, 0.717) is 19.3 Å². The zero-order valence-corrected chi connectivity index (χ0v) is 10.1. The van der Waals surface area contributed by atoms with Gasteiger partial charge in [-0.3, -0.25) is 0 Å². The zero-order chi connectivity index (χ0) is 11.8. The predicted molar refractivity (Wildman–Crippen MR) is 65.5 cm³/mol. The van der Waals surface area contributed by atoms with Crippen LogP contribution >= 0.6 is 0 Å². The van der Waals surface area contributed by atoms with Crippen molar-refractivity contribution in [3.05, 3.63) is 35.4 Å². The maximum absolute atomic E-state index is 8.54. The lowest BCUT2D eigenvalue weighted by molar-refractivity contribution is 0.0928. The molecule has 0 saturated heterocycles. The number of benzene rings is 1. The Morgan fingerprint density at radius 3 is 2.88 bits per heavy atom. The van der Waals surface area contributed by atoms with Crippen molar-refractivity contribution in [3.8, 4) is 0 Å². The van der Waals surface area contributed by atoms with E-state index in [1.54, 1.807) is 0 Å². The van der Waals surface area contributed by atoms with Crippen LogP contribution in [0.4, 0.5) is 0 Å². The van der Waals surface area contributed by atoms with Gasteiger partial charge in [0.15, 0.2) is 0 Å². The Kier molecular flexibility index (Phi) is 6.08. The van der Waals surface area contributed by atoms with E-state index in [0.717, 1.165) is 6.54 Å². The lowest BCUT2D eigenvalue weighted by Gasteiger charge is -2.14. The topological polar surface area (TPSA) is 41.5 Å². The van der Waals surface area contributed by atoms with Crippen LogP contribution in [0.15, 0.2) is 24.3 Å². The number of aliphatic hydroxyl groups excluding tert-OH is 1. The quantitative estimate of drug-likeness (QED) is 0.691. The average Bonchev–Trinajstić information content (AvgIpc) is 2.28. The normalized spacial score (nSPS) is 12.7. The fourth-order valence-corrected chi connectivity index (χ4v) is 1.57. The first-order chi connectivity index (χ1) is 7.74. The highest BCUT2D eigenvalue weighted by molar-refractivity contribution is 5.24. The van der Waals surface area contributed by atoms with Gasteiger partial charge in [0.25, 0.3) is 0 Å². The van der Waals surface area contributed by atoms with Crippen molar-refractivity contribution in [2.24, 2.45) is 0 Å². The lowest BCUT2D eigenvalue weighted by Crippen LogP contribution is -2.23. The minimum atomic E-state index is 0.0907. The number of aliphatic hydroxyl groups is 1. The molecular weight excluding hydrogens is 202 g/mol. The molecule has 3 nitrogen and oxygen atoms in total. The first-order valence-corrected chi connectivity index (χ1v) is 5.72. The molecule has 16 heavy (non-hydrogen) atoms. The van der Waals surface area contributed by atoms with Crippen LogP contribution in [0.25, 0.3) is 0 Å². The van der Waals surface area contributed by atoms with E-state index in [4.69, 9.17) is 9.84 Å². The number of nitrogens with one attached hydrogen (secondary N) is 1. The van der Waals surface area contributed by atoms with Gasteiger partial charge in [-0.05, 0) is 19.4 Å². The zero-order valence-electron chi connectivity index (χ0n) is 10.1. The Morgan fingerprint density at radius 2 is 2.19 bits per heavy atom. The summed E-state index contributed by atoms with van der Waals surface area (Å²) < 4.78 is 5.18. The second-order valence-corrected chi connectivity index (χ2v) is 3.93. The van der Waals surface area contributed by atoms with E-state index < -0.39 is 0 Å². The van der Waals surface area contributed by atoms with Crippen molar-refractivity contribution in [2.75, 3.05) is 26.4 Å². The van der Waals surface area contributed by atoms with Gasteiger partial charge in [-0.2, -0.15) is 0 Å². The van der Waals surface area contributed by atoms with Crippen molar-refractivity contribution >= 4 is 0 Å². The van der Waals surface area contributed by atoms with Gasteiger partial charge in [-0.25, -0.2) is 0 Å². The molecule has 1 aromatic carbocycles. The molecule has 1 atom stereocenters. The predicted octanol–water partition coefficient (Wildman–Crippen LogP) is 1.65. The summed E-state index contributed by atoms with van der Waals surface area (Å²) in [7, 11) is 0. The Hall–Kier alpha value is -0.900. The van der Waals surface area contributed by atoms with E-state index in [1.165, 1.54) is 11.1 Å². The van der Waals surface area contributed by atoms with E-state index >= 15 is 0 Å². The maximum atomic E-state index is 8.54. The average molecular weight is 223 g/mol. The van der Waals surface area contributed by atoms with Gasteiger partial charge in [-0.15, -0.1) is 0 Å². The van der Waals surface area contributed by atoms with Crippen molar-refractivity contribution < 1.29 is 9.84 Å². The second kappa shape index (κ2) is 7.39. The highest BCUT2D eigenvalue weighted by atomic mass is 16.5. The van der Waals surface area contributed by atoms with Crippen molar-refractivity contribution in [3.63, 3.8) is 0 Å². The third-order valence-electron chi connectivity index (χ3n) is 2.47.